The highest BCUT2D eigenvalue weighted by molar-refractivity contribution is 5.85. The standard InChI is InChI=1S/C15H15N3.2ClH/c1-2-6-12(7-3-1)10-11-16-15-17-13-8-4-5-9-14(13)18-15;;/h1-9H,10-11H2,(H2,16,17,18);2*1H. The van der Waals surface area contributed by atoms with E-state index in [1.54, 1.807) is 0 Å². The van der Waals surface area contributed by atoms with Gasteiger partial charge in [0.25, 0.3) is 0 Å². The highest BCUT2D eigenvalue weighted by atomic mass is 35.5. The van der Waals surface area contributed by atoms with Crippen molar-refractivity contribution < 1.29 is 0 Å². The molecule has 3 aromatic rings. The third-order valence-electron chi connectivity index (χ3n) is 2.94. The Hall–Kier alpha value is -1.71. The second kappa shape index (κ2) is 7.78. The fraction of sp³-hybridized carbons (Fsp3) is 0.133. The van der Waals surface area contributed by atoms with E-state index in [1.807, 2.05) is 30.3 Å². The van der Waals surface area contributed by atoms with Crippen LogP contribution in [-0.4, -0.2) is 16.5 Å². The molecule has 0 aliphatic rings. The number of anilines is 1. The minimum absolute atomic E-state index is 0. The van der Waals surface area contributed by atoms with Gasteiger partial charge in [-0.15, -0.1) is 24.8 Å². The van der Waals surface area contributed by atoms with E-state index in [2.05, 4.69) is 39.6 Å². The maximum atomic E-state index is 4.48. The van der Waals surface area contributed by atoms with Crippen LogP contribution in [0.4, 0.5) is 5.95 Å². The van der Waals surface area contributed by atoms with Crippen molar-refractivity contribution in [3.63, 3.8) is 0 Å². The number of imidazole rings is 1. The molecule has 0 saturated carbocycles. The first-order valence-electron chi connectivity index (χ1n) is 6.14. The van der Waals surface area contributed by atoms with Crippen LogP contribution in [-0.2, 0) is 6.42 Å². The molecule has 0 saturated heterocycles. The number of rotatable bonds is 4. The van der Waals surface area contributed by atoms with Crippen LogP contribution in [0.1, 0.15) is 5.56 Å². The first-order chi connectivity index (χ1) is 8.92. The molecule has 0 aliphatic carbocycles. The summed E-state index contributed by atoms with van der Waals surface area (Å²) in [6, 6.07) is 18.5. The van der Waals surface area contributed by atoms with E-state index in [4.69, 9.17) is 0 Å². The Labute approximate surface area is 130 Å². The van der Waals surface area contributed by atoms with Crippen molar-refractivity contribution in [3.8, 4) is 0 Å². The van der Waals surface area contributed by atoms with Crippen LogP contribution in [0.15, 0.2) is 54.6 Å². The Kier molecular flexibility index (Phi) is 6.36. The first kappa shape index (κ1) is 16.3. The number of aromatic nitrogens is 2. The molecule has 0 amide bonds. The van der Waals surface area contributed by atoms with Gasteiger partial charge in [0.05, 0.1) is 11.0 Å². The Morgan fingerprint density at radius 2 is 1.60 bits per heavy atom. The number of para-hydroxylation sites is 2. The molecule has 1 heterocycles. The highest BCUT2D eigenvalue weighted by Crippen LogP contribution is 2.13. The molecule has 0 fully saturated rings. The van der Waals surface area contributed by atoms with E-state index < -0.39 is 0 Å². The fourth-order valence-corrected chi connectivity index (χ4v) is 2.01. The predicted octanol–water partition coefficient (Wildman–Crippen LogP) is 4.06. The summed E-state index contributed by atoms with van der Waals surface area (Å²) in [5, 5.41) is 3.32. The van der Waals surface area contributed by atoms with Crippen molar-refractivity contribution in [2.75, 3.05) is 11.9 Å². The molecule has 0 unspecified atom stereocenters. The summed E-state index contributed by atoms with van der Waals surface area (Å²) < 4.78 is 0. The van der Waals surface area contributed by atoms with Gasteiger partial charge in [0, 0.05) is 6.54 Å². The summed E-state index contributed by atoms with van der Waals surface area (Å²) in [4.78, 5) is 7.74. The number of hydrogen-bond donors (Lipinski definition) is 2. The third-order valence-corrected chi connectivity index (χ3v) is 2.94. The van der Waals surface area contributed by atoms with Gasteiger partial charge in [-0.05, 0) is 24.1 Å². The van der Waals surface area contributed by atoms with Gasteiger partial charge < -0.3 is 10.3 Å². The zero-order valence-corrected chi connectivity index (χ0v) is 12.5. The molecule has 106 valence electrons. The number of halogens is 2. The molecule has 5 heteroatoms. The van der Waals surface area contributed by atoms with E-state index in [9.17, 15) is 0 Å². The molecule has 0 bridgehead atoms. The molecule has 1 aromatic heterocycles. The number of nitrogens with zero attached hydrogens (tertiary/aromatic N) is 1. The highest BCUT2D eigenvalue weighted by Gasteiger charge is 2.00. The zero-order valence-electron chi connectivity index (χ0n) is 10.9. The summed E-state index contributed by atoms with van der Waals surface area (Å²) in [5.41, 5.74) is 3.40. The second-order valence-corrected chi connectivity index (χ2v) is 4.26. The molecular weight excluding hydrogens is 293 g/mol. The van der Waals surface area contributed by atoms with Crippen molar-refractivity contribution in [1.82, 2.24) is 9.97 Å². The van der Waals surface area contributed by atoms with E-state index in [0.29, 0.717) is 0 Å². The largest absolute Gasteiger partial charge is 0.355 e. The Balaban J connectivity index is 0.000001000. The van der Waals surface area contributed by atoms with Crippen LogP contribution >= 0.6 is 24.8 Å². The van der Waals surface area contributed by atoms with Crippen molar-refractivity contribution >= 4 is 41.8 Å². The maximum Gasteiger partial charge on any atom is 0.201 e. The summed E-state index contributed by atoms with van der Waals surface area (Å²) in [6.07, 6.45) is 0.998. The molecule has 0 spiro atoms. The van der Waals surface area contributed by atoms with Crippen LogP contribution in [0.5, 0.6) is 0 Å². The monoisotopic (exact) mass is 309 g/mol. The van der Waals surface area contributed by atoms with Crippen molar-refractivity contribution in [2.24, 2.45) is 0 Å². The predicted molar refractivity (Wildman–Crippen MR) is 89.2 cm³/mol. The molecule has 0 aliphatic heterocycles. The van der Waals surface area contributed by atoms with Crippen LogP contribution < -0.4 is 5.32 Å². The normalized spacial score (nSPS) is 9.60. The van der Waals surface area contributed by atoms with E-state index in [0.717, 1.165) is 29.9 Å². The Morgan fingerprint density at radius 3 is 2.35 bits per heavy atom. The van der Waals surface area contributed by atoms with Crippen molar-refractivity contribution in [3.05, 3.63) is 60.2 Å². The lowest BCUT2D eigenvalue weighted by atomic mass is 10.1. The molecule has 2 aromatic carbocycles. The Morgan fingerprint density at radius 1 is 0.900 bits per heavy atom. The number of aromatic amines is 1. The van der Waals surface area contributed by atoms with Crippen LogP contribution in [0, 0.1) is 0 Å². The number of nitrogens with one attached hydrogen (secondary N) is 2. The number of hydrogen-bond acceptors (Lipinski definition) is 2. The lowest BCUT2D eigenvalue weighted by Gasteiger charge is -2.02. The SMILES string of the molecule is Cl.Cl.c1ccc(CCNc2nc3ccccc3[nH]2)cc1. The minimum Gasteiger partial charge on any atom is -0.355 e. The van der Waals surface area contributed by atoms with Gasteiger partial charge in [-0.25, -0.2) is 4.98 Å². The van der Waals surface area contributed by atoms with Gasteiger partial charge >= 0.3 is 0 Å². The maximum absolute atomic E-state index is 4.48. The van der Waals surface area contributed by atoms with Crippen LogP contribution in [0.3, 0.4) is 0 Å². The zero-order chi connectivity index (χ0) is 12.2. The second-order valence-electron chi connectivity index (χ2n) is 4.26. The summed E-state index contributed by atoms with van der Waals surface area (Å²) in [7, 11) is 0. The minimum atomic E-state index is 0. The van der Waals surface area contributed by atoms with Crippen LogP contribution in [0.25, 0.3) is 11.0 Å². The average molecular weight is 310 g/mol. The lowest BCUT2D eigenvalue weighted by Crippen LogP contribution is -2.05. The Bertz CT molecular complexity index is 605. The molecule has 0 radical (unpaired) electrons. The van der Waals surface area contributed by atoms with Crippen LogP contribution in [0.2, 0.25) is 0 Å². The third kappa shape index (κ3) is 3.89. The summed E-state index contributed by atoms with van der Waals surface area (Å²) in [6.45, 7) is 0.879. The lowest BCUT2D eigenvalue weighted by molar-refractivity contribution is 1.000. The van der Waals surface area contributed by atoms with Crippen molar-refractivity contribution in [2.45, 2.75) is 6.42 Å². The van der Waals surface area contributed by atoms with Gasteiger partial charge in [-0.3, -0.25) is 0 Å². The van der Waals surface area contributed by atoms with Gasteiger partial charge in [-0.2, -0.15) is 0 Å². The molecule has 3 nitrogen and oxygen atoms in total. The number of fused-ring (bicyclic) bond motifs is 1. The summed E-state index contributed by atoms with van der Waals surface area (Å²) >= 11 is 0. The van der Waals surface area contributed by atoms with E-state index in [-0.39, 0.29) is 24.8 Å². The van der Waals surface area contributed by atoms with Gasteiger partial charge in [0.1, 0.15) is 0 Å². The number of benzene rings is 2. The molecule has 3 rings (SSSR count). The van der Waals surface area contributed by atoms with Gasteiger partial charge in [0.2, 0.25) is 5.95 Å². The smallest absolute Gasteiger partial charge is 0.201 e. The van der Waals surface area contributed by atoms with Gasteiger partial charge in [-0.1, -0.05) is 42.5 Å². The number of H-pyrrole nitrogens is 1. The topological polar surface area (TPSA) is 40.7 Å². The summed E-state index contributed by atoms with van der Waals surface area (Å²) in [5.74, 6) is 0.840. The average Bonchev–Trinajstić information content (AvgIpc) is 2.82. The van der Waals surface area contributed by atoms with Gasteiger partial charge in [0.15, 0.2) is 0 Å². The quantitative estimate of drug-likeness (QED) is 0.763. The molecule has 20 heavy (non-hydrogen) atoms. The fourth-order valence-electron chi connectivity index (χ4n) is 2.01. The molecule has 0 atom stereocenters. The van der Waals surface area contributed by atoms with Crippen molar-refractivity contribution in [1.29, 1.82) is 0 Å². The first-order valence-corrected chi connectivity index (χ1v) is 6.14. The molecule has 2 N–H and O–H groups in total. The van der Waals surface area contributed by atoms with E-state index >= 15 is 0 Å². The molecular formula is C15H17Cl2N3. The van der Waals surface area contributed by atoms with E-state index in [1.165, 1.54) is 5.56 Å².